The molecule has 4 heterocycles. The van der Waals surface area contributed by atoms with Crippen molar-refractivity contribution >= 4 is 34.3 Å². The van der Waals surface area contributed by atoms with E-state index in [-0.39, 0.29) is 43.4 Å². The van der Waals surface area contributed by atoms with Crippen molar-refractivity contribution in [2.45, 2.75) is 167 Å². The van der Waals surface area contributed by atoms with E-state index in [0.29, 0.717) is 62.7 Å². The van der Waals surface area contributed by atoms with E-state index in [4.69, 9.17) is 23.7 Å². The number of aliphatic hydroxyl groups is 3. The average molecular weight is 907 g/mol. The van der Waals surface area contributed by atoms with Crippen LogP contribution in [0.3, 0.4) is 0 Å². The summed E-state index contributed by atoms with van der Waals surface area (Å²) in [5.41, 5.74) is 2.70. The number of aromatic nitrogens is 1. The summed E-state index contributed by atoms with van der Waals surface area (Å²) in [6, 6.07) is 6.71. The van der Waals surface area contributed by atoms with Crippen LogP contribution in [0.25, 0.3) is 10.9 Å². The Labute approximate surface area is 384 Å². The van der Waals surface area contributed by atoms with E-state index in [0.717, 1.165) is 16.5 Å². The normalized spacial score (nSPS) is 36.7. The van der Waals surface area contributed by atoms with Crippen molar-refractivity contribution < 1.29 is 58.2 Å². The first-order valence-corrected chi connectivity index (χ1v) is 23.9. The largest absolute Gasteiger partial charge is 0.488 e. The second-order valence-corrected chi connectivity index (χ2v) is 19.7. The van der Waals surface area contributed by atoms with Gasteiger partial charge >= 0.3 is 5.97 Å². The standard InChI is InChI=1S/C51H74N2O12/c1-10-35-22-29(2)21-30(3)23-44(61-8)47-45(62-9)25-32(5)51(60,65-47)48(57)49(58)53-19-12-11-13-39(53)50(59)64-46(33(6)41(55)28-42(35)56)31(4)24-34-14-17-40(54)43(26-34)63-37-15-16-38-36(27-37)18-20-52(38)7/h15-16,18,20,22,24,27,30,32-35,39-41,43-47,54-55,60H,10-14,17,19,21,23,25-26,28H2,1-9H3. The molecule has 14 heteroatoms. The van der Waals surface area contributed by atoms with E-state index in [1.54, 1.807) is 13.8 Å². The fourth-order valence-electron chi connectivity index (χ4n) is 10.8. The summed E-state index contributed by atoms with van der Waals surface area (Å²) >= 11 is 0. The zero-order valence-electron chi connectivity index (χ0n) is 39.9. The molecule has 1 saturated carbocycles. The Kier molecular flexibility index (Phi) is 16.9. The van der Waals surface area contributed by atoms with Gasteiger partial charge in [0.2, 0.25) is 5.79 Å². The Balaban J connectivity index is 1.32. The molecule has 360 valence electrons. The number of rotatable bonds is 7. The molecule has 14 atom stereocenters. The molecule has 6 rings (SSSR count). The number of esters is 1. The van der Waals surface area contributed by atoms with Gasteiger partial charge in [0.15, 0.2) is 0 Å². The molecule has 0 radical (unpaired) electrons. The van der Waals surface area contributed by atoms with Crippen LogP contribution in [0.2, 0.25) is 0 Å². The van der Waals surface area contributed by atoms with Crippen LogP contribution in [0.15, 0.2) is 53.8 Å². The molecule has 14 nitrogen and oxygen atoms in total. The van der Waals surface area contributed by atoms with Crippen molar-refractivity contribution in [1.82, 2.24) is 9.47 Å². The number of fused-ring (bicyclic) bond motifs is 4. The molecule has 2 bridgehead atoms. The lowest BCUT2D eigenvalue weighted by Gasteiger charge is -2.47. The summed E-state index contributed by atoms with van der Waals surface area (Å²) in [5.74, 6) is -7.06. The van der Waals surface area contributed by atoms with Gasteiger partial charge in [0, 0.05) is 69.1 Å². The van der Waals surface area contributed by atoms with Gasteiger partial charge in [-0.05, 0) is 120 Å². The highest BCUT2D eigenvalue weighted by Gasteiger charge is 2.56. The first-order chi connectivity index (χ1) is 30.9. The number of benzene rings is 1. The summed E-state index contributed by atoms with van der Waals surface area (Å²) in [6.45, 7) is 11.3. The van der Waals surface area contributed by atoms with Crippen molar-refractivity contribution in [3.05, 3.63) is 53.8 Å². The molecular formula is C51H74N2O12. The Morgan fingerprint density at radius 1 is 0.923 bits per heavy atom. The summed E-state index contributed by atoms with van der Waals surface area (Å²) in [7, 11) is 5.05. The van der Waals surface area contributed by atoms with Crippen molar-refractivity contribution in [3.8, 4) is 5.75 Å². The average Bonchev–Trinajstić information content (AvgIpc) is 3.66. The molecule has 65 heavy (non-hydrogen) atoms. The predicted molar refractivity (Wildman–Crippen MR) is 245 cm³/mol. The summed E-state index contributed by atoms with van der Waals surface area (Å²) in [4.78, 5) is 58.4. The Morgan fingerprint density at radius 3 is 2.35 bits per heavy atom. The van der Waals surface area contributed by atoms with Gasteiger partial charge in [-0.25, -0.2) is 4.79 Å². The number of aryl methyl sites for hydroxylation is 1. The van der Waals surface area contributed by atoms with Crippen LogP contribution in [-0.2, 0) is 45.2 Å². The van der Waals surface area contributed by atoms with Crippen LogP contribution in [-0.4, -0.2) is 124 Å². The van der Waals surface area contributed by atoms with Crippen molar-refractivity contribution in [2.75, 3.05) is 20.8 Å². The molecule has 1 aromatic carbocycles. The molecule has 3 fully saturated rings. The van der Waals surface area contributed by atoms with Gasteiger partial charge in [0.1, 0.15) is 35.9 Å². The van der Waals surface area contributed by atoms with Crippen LogP contribution < -0.4 is 4.74 Å². The number of aliphatic hydroxyl groups excluding tert-OH is 2. The number of methoxy groups -OCH3 is 2. The number of hydrogen-bond donors (Lipinski definition) is 3. The van der Waals surface area contributed by atoms with Gasteiger partial charge in [-0.1, -0.05) is 45.4 Å². The van der Waals surface area contributed by atoms with Crippen molar-refractivity contribution in [1.29, 1.82) is 0 Å². The lowest BCUT2D eigenvalue weighted by molar-refractivity contribution is -0.302. The minimum Gasteiger partial charge on any atom is -0.488 e. The van der Waals surface area contributed by atoms with Crippen LogP contribution in [0.4, 0.5) is 0 Å². The Morgan fingerprint density at radius 2 is 1.65 bits per heavy atom. The number of amides is 1. The summed E-state index contributed by atoms with van der Waals surface area (Å²) in [5, 5.41) is 36.1. The second-order valence-electron chi connectivity index (χ2n) is 19.7. The molecule has 1 amide bonds. The quantitative estimate of drug-likeness (QED) is 0.158. The molecular weight excluding hydrogens is 833 g/mol. The highest BCUT2D eigenvalue weighted by atomic mass is 16.7. The fraction of sp³-hybridized carbons (Fsp3) is 0.686. The number of ether oxygens (including phenoxy) is 5. The molecule has 3 aliphatic heterocycles. The van der Waals surface area contributed by atoms with Gasteiger partial charge in [-0.15, -0.1) is 0 Å². The zero-order chi connectivity index (χ0) is 47.3. The van der Waals surface area contributed by atoms with E-state index in [9.17, 15) is 34.5 Å². The second kappa shape index (κ2) is 21.8. The van der Waals surface area contributed by atoms with Gasteiger partial charge in [0.05, 0.1) is 24.4 Å². The van der Waals surface area contributed by atoms with Crippen molar-refractivity contribution in [3.63, 3.8) is 0 Å². The van der Waals surface area contributed by atoms with Gasteiger partial charge < -0.3 is 48.5 Å². The first-order valence-electron chi connectivity index (χ1n) is 23.9. The van der Waals surface area contributed by atoms with Gasteiger partial charge in [0.25, 0.3) is 11.7 Å². The number of cyclic esters (lactones) is 1. The number of carbonyl (C=O) groups excluding carboxylic acids is 4. The molecule has 0 spiro atoms. The van der Waals surface area contributed by atoms with E-state index in [1.807, 2.05) is 75.0 Å². The number of Topliss-reactive ketones (excluding diaryl/α,β-unsaturated/α-hetero) is 2. The predicted octanol–water partition coefficient (Wildman–Crippen LogP) is 6.40. The smallest absolute Gasteiger partial charge is 0.329 e. The lowest BCUT2D eigenvalue weighted by Crippen LogP contribution is -2.64. The monoisotopic (exact) mass is 907 g/mol. The van der Waals surface area contributed by atoms with E-state index < -0.39 is 90.0 Å². The minimum absolute atomic E-state index is 0.0233. The SMILES string of the molecule is CCC1C=C(C)CC(C)CC(OC)C2OC(O)(C(=O)C(=O)N3CCCCC3C(=O)OC(C(C)=CC3CCC(O)C(Oc4ccc5c(ccn5C)c4)C3)C(C)C(O)CC1=O)C(C)CC2OC. The summed E-state index contributed by atoms with van der Waals surface area (Å²) in [6.07, 6.45) is 5.08. The molecule has 14 unspecified atom stereocenters. The number of hydrogen-bond acceptors (Lipinski definition) is 12. The summed E-state index contributed by atoms with van der Waals surface area (Å²) < 4.78 is 32.8. The van der Waals surface area contributed by atoms with Gasteiger partial charge in [-0.3, -0.25) is 14.4 Å². The molecule has 2 aromatic rings. The Bertz CT molecular complexity index is 2060. The lowest BCUT2D eigenvalue weighted by atomic mass is 9.81. The molecule has 1 aliphatic carbocycles. The zero-order valence-corrected chi connectivity index (χ0v) is 39.9. The number of carbonyl (C=O) groups is 4. The Hall–Kier alpha value is -3.92. The third-order valence-electron chi connectivity index (χ3n) is 14.7. The highest BCUT2D eigenvalue weighted by molar-refractivity contribution is 6.39. The topological polar surface area (TPSA) is 183 Å². The van der Waals surface area contributed by atoms with Crippen molar-refractivity contribution in [2.24, 2.45) is 36.6 Å². The number of ketones is 2. The molecule has 2 saturated heterocycles. The fourth-order valence-corrected chi connectivity index (χ4v) is 10.8. The highest BCUT2D eigenvalue weighted by Crippen LogP contribution is 2.39. The van der Waals surface area contributed by atoms with E-state index in [1.165, 1.54) is 19.1 Å². The maximum atomic E-state index is 14.5. The number of nitrogens with zero attached hydrogens (tertiary/aromatic N) is 2. The van der Waals surface area contributed by atoms with E-state index in [2.05, 4.69) is 6.92 Å². The van der Waals surface area contributed by atoms with Crippen LogP contribution >= 0.6 is 0 Å². The number of allylic oxidation sites excluding steroid dienone is 3. The van der Waals surface area contributed by atoms with Crippen LogP contribution in [0, 0.1) is 29.6 Å². The maximum absolute atomic E-state index is 14.5. The van der Waals surface area contributed by atoms with Crippen LogP contribution in [0.1, 0.15) is 112 Å². The molecule has 4 aliphatic rings. The molecule has 3 N–H and O–H groups in total. The van der Waals surface area contributed by atoms with Crippen LogP contribution in [0.5, 0.6) is 5.75 Å². The van der Waals surface area contributed by atoms with Gasteiger partial charge in [-0.2, -0.15) is 0 Å². The third-order valence-corrected chi connectivity index (χ3v) is 14.7. The van der Waals surface area contributed by atoms with E-state index >= 15 is 0 Å². The molecule has 1 aromatic heterocycles. The number of piperidine rings is 1. The maximum Gasteiger partial charge on any atom is 0.329 e. The third kappa shape index (κ3) is 11.4. The first kappa shape index (κ1) is 50.5. The minimum atomic E-state index is -2.52.